The van der Waals surface area contributed by atoms with Gasteiger partial charge in [-0.2, -0.15) is 0 Å². The van der Waals surface area contributed by atoms with Crippen molar-refractivity contribution in [2.45, 2.75) is 12.6 Å². The van der Waals surface area contributed by atoms with Crippen LogP contribution in [0.4, 0.5) is 0 Å². The van der Waals surface area contributed by atoms with E-state index in [4.69, 9.17) is 4.42 Å². The number of nitrogens with zero attached hydrogens (tertiary/aromatic N) is 2. The first kappa shape index (κ1) is 12.4. The van der Waals surface area contributed by atoms with E-state index >= 15 is 0 Å². The second-order valence-electron chi connectivity index (χ2n) is 5.89. The van der Waals surface area contributed by atoms with Gasteiger partial charge >= 0.3 is 0 Å². The molecule has 4 rings (SSSR count). The quantitative estimate of drug-likeness (QED) is 0.917. The Morgan fingerprint density at radius 2 is 1.95 bits per heavy atom. The fraction of sp³-hybridized carbons (Fsp3) is 0.500. The van der Waals surface area contributed by atoms with Crippen molar-refractivity contribution in [2.24, 2.45) is 0 Å². The SMILES string of the molecule is c1ccc2c(CN3CC(N4CCNCC4)C3)coc2c1. The highest BCUT2D eigenvalue weighted by molar-refractivity contribution is 5.80. The van der Waals surface area contributed by atoms with Crippen LogP contribution < -0.4 is 5.32 Å². The van der Waals surface area contributed by atoms with Crippen LogP contribution in [0, 0.1) is 0 Å². The van der Waals surface area contributed by atoms with E-state index in [-0.39, 0.29) is 0 Å². The first-order chi connectivity index (χ1) is 9.90. The largest absolute Gasteiger partial charge is 0.464 e. The smallest absolute Gasteiger partial charge is 0.134 e. The summed E-state index contributed by atoms with van der Waals surface area (Å²) in [6, 6.07) is 9.07. The predicted molar refractivity (Wildman–Crippen MR) is 79.7 cm³/mol. The van der Waals surface area contributed by atoms with Gasteiger partial charge in [0.1, 0.15) is 5.58 Å². The lowest BCUT2D eigenvalue weighted by molar-refractivity contribution is 0.0224. The van der Waals surface area contributed by atoms with Gasteiger partial charge in [0.05, 0.1) is 6.26 Å². The Hall–Kier alpha value is -1.36. The van der Waals surface area contributed by atoms with Crippen LogP contribution in [0.15, 0.2) is 34.9 Å². The maximum absolute atomic E-state index is 5.62. The molecule has 106 valence electrons. The lowest BCUT2D eigenvalue weighted by Crippen LogP contribution is -2.62. The second kappa shape index (κ2) is 5.20. The van der Waals surface area contributed by atoms with Crippen molar-refractivity contribution >= 4 is 11.0 Å². The first-order valence-corrected chi connectivity index (χ1v) is 7.52. The number of furan rings is 1. The number of nitrogens with one attached hydrogen (secondary N) is 1. The summed E-state index contributed by atoms with van der Waals surface area (Å²) in [5, 5.41) is 4.68. The molecule has 4 nitrogen and oxygen atoms in total. The Balaban J connectivity index is 1.37. The molecule has 0 spiro atoms. The van der Waals surface area contributed by atoms with Gasteiger partial charge in [0.2, 0.25) is 0 Å². The Kier molecular flexibility index (Phi) is 3.22. The number of hydrogen-bond acceptors (Lipinski definition) is 4. The number of hydrogen-bond donors (Lipinski definition) is 1. The molecular weight excluding hydrogens is 250 g/mol. The molecule has 2 aliphatic rings. The van der Waals surface area contributed by atoms with Crippen molar-refractivity contribution in [1.82, 2.24) is 15.1 Å². The fourth-order valence-corrected chi connectivity index (χ4v) is 3.35. The molecule has 20 heavy (non-hydrogen) atoms. The summed E-state index contributed by atoms with van der Waals surface area (Å²) in [5.41, 5.74) is 2.32. The number of piperazine rings is 1. The Morgan fingerprint density at radius 3 is 2.80 bits per heavy atom. The zero-order chi connectivity index (χ0) is 13.4. The number of para-hydroxylation sites is 1. The maximum Gasteiger partial charge on any atom is 0.134 e. The lowest BCUT2D eigenvalue weighted by Gasteiger charge is -2.46. The highest BCUT2D eigenvalue weighted by Gasteiger charge is 2.32. The maximum atomic E-state index is 5.62. The minimum atomic E-state index is 0.760. The zero-order valence-corrected chi connectivity index (χ0v) is 11.7. The van der Waals surface area contributed by atoms with E-state index in [1.54, 1.807) is 0 Å². The molecule has 0 unspecified atom stereocenters. The van der Waals surface area contributed by atoms with Crippen LogP contribution in [-0.4, -0.2) is 55.1 Å². The van der Waals surface area contributed by atoms with Crippen molar-refractivity contribution < 1.29 is 4.42 Å². The van der Waals surface area contributed by atoms with Crippen molar-refractivity contribution in [2.75, 3.05) is 39.3 Å². The Labute approximate surface area is 119 Å². The van der Waals surface area contributed by atoms with E-state index in [1.165, 1.54) is 37.1 Å². The molecule has 0 aliphatic carbocycles. The summed E-state index contributed by atoms with van der Waals surface area (Å²) in [6.45, 7) is 8.09. The van der Waals surface area contributed by atoms with E-state index in [0.29, 0.717) is 0 Å². The molecule has 4 heteroatoms. The third-order valence-electron chi connectivity index (χ3n) is 4.56. The van der Waals surface area contributed by atoms with E-state index < -0.39 is 0 Å². The third kappa shape index (κ3) is 2.24. The van der Waals surface area contributed by atoms with Crippen LogP contribution >= 0.6 is 0 Å². The number of likely N-dealkylation sites (tertiary alicyclic amines) is 1. The van der Waals surface area contributed by atoms with Crippen LogP contribution in [0.25, 0.3) is 11.0 Å². The molecule has 1 aromatic heterocycles. The van der Waals surface area contributed by atoms with Crippen LogP contribution in [0.3, 0.4) is 0 Å². The predicted octanol–water partition coefficient (Wildman–Crippen LogP) is 1.52. The molecule has 2 saturated heterocycles. The normalized spacial score (nSPS) is 22.2. The summed E-state index contributed by atoms with van der Waals surface area (Å²) in [5.74, 6) is 0. The summed E-state index contributed by atoms with van der Waals surface area (Å²) < 4.78 is 5.62. The molecule has 0 amide bonds. The van der Waals surface area contributed by atoms with Crippen molar-refractivity contribution in [1.29, 1.82) is 0 Å². The van der Waals surface area contributed by atoms with E-state index in [2.05, 4.69) is 27.2 Å². The molecule has 0 bridgehead atoms. The van der Waals surface area contributed by atoms with E-state index in [0.717, 1.165) is 31.3 Å². The summed E-state index contributed by atoms with van der Waals surface area (Å²) in [4.78, 5) is 5.14. The van der Waals surface area contributed by atoms with Crippen molar-refractivity contribution in [3.63, 3.8) is 0 Å². The van der Waals surface area contributed by atoms with Crippen LogP contribution in [0.2, 0.25) is 0 Å². The molecule has 2 aliphatic heterocycles. The lowest BCUT2D eigenvalue weighted by atomic mass is 10.0. The number of rotatable bonds is 3. The number of fused-ring (bicyclic) bond motifs is 1. The summed E-state index contributed by atoms with van der Waals surface area (Å²) in [7, 11) is 0. The second-order valence-corrected chi connectivity index (χ2v) is 5.89. The molecule has 0 atom stereocenters. The van der Waals surface area contributed by atoms with Gasteiger partial charge in [-0.1, -0.05) is 18.2 Å². The van der Waals surface area contributed by atoms with Crippen molar-refractivity contribution in [3.05, 3.63) is 36.1 Å². The fourth-order valence-electron chi connectivity index (χ4n) is 3.35. The van der Waals surface area contributed by atoms with Crippen molar-refractivity contribution in [3.8, 4) is 0 Å². The van der Waals surface area contributed by atoms with Crippen LogP contribution in [0.1, 0.15) is 5.56 Å². The zero-order valence-electron chi connectivity index (χ0n) is 11.7. The van der Waals surface area contributed by atoms with Gasteiger partial charge in [0.15, 0.2) is 0 Å². The van der Waals surface area contributed by atoms with Gasteiger partial charge in [0, 0.05) is 62.8 Å². The molecule has 3 heterocycles. The van der Waals surface area contributed by atoms with Gasteiger partial charge < -0.3 is 9.73 Å². The van der Waals surface area contributed by atoms with Gasteiger partial charge in [-0.15, -0.1) is 0 Å². The summed E-state index contributed by atoms with van der Waals surface area (Å²) in [6.07, 6.45) is 1.92. The minimum absolute atomic E-state index is 0.760. The monoisotopic (exact) mass is 271 g/mol. The standard InChI is InChI=1S/C16H21N3O/c1-2-4-16-15(3-1)13(12-20-16)9-18-10-14(11-18)19-7-5-17-6-8-19/h1-4,12,14,17H,5-11H2. The van der Waals surface area contributed by atoms with Gasteiger partial charge in [0.25, 0.3) is 0 Å². The Bertz CT molecular complexity index is 582. The van der Waals surface area contributed by atoms with E-state index in [9.17, 15) is 0 Å². The summed E-state index contributed by atoms with van der Waals surface area (Å²) >= 11 is 0. The highest BCUT2D eigenvalue weighted by Crippen LogP contribution is 2.25. The van der Waals surface area contributed by atoms with Crippen LogP contribution in [-0.2, 0) is 6.54 Å². The minimum Gasteiger partial charge on any atom is -0.464 e. The molecule has 2 fully saturated rings. The van der Waals surface area contributed by atoms with E-state index in [1.807, 2.05) is 18.4 Å². The number of benzene rings is 1. The topological polar surface area (TPSA) is 31.6 Å². The first-order valence-electron chi connectivity index (χ1n) is 7.52. The molecule has 0 saturated carbocycles. The Morgan fingerprint density at radius 1 is 1.15 bits per heavy atom. The molecule has 1 aromatic carbocycles. The average molecular weight is 271 g/mol. The van der Waals surface area contributed by atoms with Gasteiger partial charge in [-0.05, 0) is 6.07 Å². The van der Waals surface area contributed by atoms with Gasteiger partial charge in [-0.25, -0.2) is 0 Å². The van der Waals surface area contributed by atoms with Crippen LogP contribution in [0.5, 0.6) is 0 Å². The average Bonchev–Trinajstić information content (AvgIpc) is 2.86. The molecular formula is C16H21N3O. The molecule has 2 aromatic rings. The molecule has 0 radical (unpaired) electrons. The third-order valence-corrected chi connectivity index (χ3v) is 4.56. The van der Waals surface area contributed by atoms with Gasteiger partial charge in [-0.3, -0.25) is 9.80 Å². The highest BCUT2D eigenvalue weighted by atomic mass is 16.3. The molecule has 1 N–H and O–H groups in total.